The second-order valence-electron chi connectivity index (χ2n) is 4.55. The van der Waals surface area contributed by atoms with Gasteiger partial charge in [0.1, 0.15) is 29.3 Å². The molecule has 2 aromatic rings. The van der Waals surface area contributed by atoms with Crippen molar-refractivity contribution in [3.63, 3.8) is 0 Å². The molecule has 0 aromatic heterocycles. The van der Waals surface area contributed by atoms with Gasteiger partial charge in [0, 0.05) is 12.3 Å². The first-order valence-electron chi connectivity index (χ1n) is 6.67. The van der Waals surface area contributed by atoms with Gasteiger partial charge >= 0.3 is 0 Å². The van der Waals surface area contributed by atoms with Crippen LogP contribution in [0, 0.1) is 34.3 Å². The molecule has 2 rings (SSSR count). The van der Waals surface area contributed by atoms with E-state index in [0.717, 1.165) is 24.4 Å². The van der Waals surface area contributed by atoms with E-state index in [9.17, 15) is 13.6 Å². The summed E-state index contributed by atoms with van der Waals surface area (Å²) in [5.41, 5.74) is -0.116. The van der Waals surface area contributed by atoms with Gasteiger partial charge in [-0.05, 0) is 24.3 Å². The van der Waals surface area contributed by atoms with Gasteiger partial charge in [-0.3, -0.25) is 4.79 Å². The average Bonchev–Trinajstić information content (AvgIpc) is 2.58. The maximum Gasteiger partial charge on any atom is 0.267 e. The minimum absolute atomic E-state index is 0.215. The van der Waals surface area contributed by atoms with Crippen LogP contribution in [0.4, 0.5) is 20.2 Å². The van der Waals surface area contributed by atoms with Crippen LogP contribution in [-0.2, 0) is 4.79 Å². The number of anilines is 2. The fraction of sp³-hybridized carbons (Fsp3) is 0. The standard InChI is InChI=1S/C17H10F2N4O/c18-13-5-6-14(19)16(7-13)22-10-12(9-21)17(24)23-15-4-2-1-3-11(15)8-20/h1-7,10,22H,(H,23,24)/b12-10-. The van der Waals surface area contributed by atoms with E-state index in [1.165, 1.54) is 12.1 Å². The van der Waals surface area contributed by atoms with Crippen LogP contribution >= 0.6 is 0 Å². The number of hydrogen-bond acceptors (Lipinski definition) is 4. The summed E-state index contributed by atoms with van der Waals surface area (Å²) in [6.07, 6.45) is 0.960. The van der Waals surface area contributed by atoms with E-state index >= 15 is 0 Å². The van der Waals surface area contributed by atoms with E-state index in [0.29, 0.717) is 0 Å². The smallest absolute Gasteiger partial charge is 0.267 e. The van der Waals surface area contributed by atoms with E-state index in [4.69, 9.17) is 10.5 Å². The van der Waals surface area contributed by atoms with Crippen molar-refractivity contribution in [1.82, 2.24) is 0 Å². The predicted molar refractivity (Wildman–Crippen MR) is 83.5 cm³/mol. The lowest BCUT2D eigenvalue weighted by Crippen LogP contribution is -2.15. The SMILES string of the molecule is N#C/C(=C/Nc1cc(F)ccc1F)C(=O)Nc1ccccc1C#N. The summed E-state index contributed by atoms with van der Waals surface area (Å²) in [6.45, 7) is 0. The third kappa shape index (κ3) is 3.93. The molecule has 0 heterocycles. The van der Waals surface area contributed by atoms with Crippen molar-refractivity contribution in [3.05, 3.63) is 71.4 Å². The maximum absolute atomic E-state index is 13.5. The Morgan fingerprint density at radius 3 is 2.54 bits per heavy atom. The lowest BCUT2D eigenvalue weighted by Gasteiger charge is -2.07. The summed E-state index contributed by atoms with van der Waals surface area (Å²) in [4.78, 5) is 12.1. The van der Waals surface area contributed by atoms with Crippen LogP contribution in [0.2, 0.25) is 0 Å². The molecule has 118 valence electrons. The summed E-state index contributed by atoms with van der Waals surface area (Å²) >= 11 is 0. The van der Waals surface area contributed by atoms with Crippen molar-refractivity contribution < 1.29 is 13.6 Å². The van der Waals surface area contributed by atoms with Crippen molar-refractivity contribution in [1.29, 1.82) is 10.5 Å². The first kappa shape index (κ1) is 16.7. The number of halogens is 2. The number of amides is 1. The highest BCUT2D eigenvalue weighted by atomic mass is 19.1. The van der Waals surface area contributed by atoms with Gasteiger partial charge < -0.3 is 10.6 Å². The molecule has 7 heteroatoms. The molecular weight excluding hydrogens is 314 g/mol. The zero-order valence-electron chi connectivity index (χ0n) is 12.2. The third-order valence-corrected chi connectivity index (χ3v) is 2.96. The molecule has 0 saturated carbocycles. The summed E-state index contributed by atoms with van der Waals surface area (Å²) in [7, 11) is 0. The molecule has 0 saturated heterocycles. The number of nitrogens with one attached hydrogen (secondary N) is 2. The molecule has 5 nitrogen and oxygen atoms in total. The van der Waals surface area contributed by atoms with Crippen molar-refractivity contribution in [3.8, 4) is 12.1 Å². The fourth-order valence-corrected chi connectivity index (χ4v) is 1.79. The highest BCUT2D eigenvalue weighted by Gasteiger charge is 2.12. The number of para-hydroxylation sites is 1. The Labute approximate surface area is 136 Å². The molecule has 0 aliphatic carbocycles. The van der Waals surface area contributed by atoms with Gasteiger partial charge in [0.25, 0.3) is 5.91 Å². The molecule has 0 spiro atoms. The van der Waals surface area contributed by atoms with Crippen molar-refractivity contribution in [2.75, 3.05) is 10.6 Å². The van der Waals surface area contributed by atoms with E-state index in [2.05, 4.69) is 10.6 Å². The Morgan fingerprint density at radius 1 is 1.08 bits per heavy atom. The fourth-order valence-electron chi connectivity index (χ4n) is 1.79. The predicted octanol–water partition coefficient (Wildman–Crippen LogP) is 3.29. The minimum atomic E-state index is -0.787. The number of hydrogen-bond donors (Lipinski definition) is 2. The Hall–Kier alpha value is -3.71. The number of benzene rings is 2. The Morgan fingerprint density at radius 2 is 1.83 bits per heavy atom. The zero-order valence-corrected chi connectivity index (χ0v) is 12.2. The van der Waals surface area contributed by atoms with Gasteiger partial charge in [0.05, 0.1) is 16.9 Å². The largest absolute Gasteiger partial charge is 0.358 e. The van der Waals surface area contributed by atoms with Gasteiger partial charge in [0.2, 0.25) is 0 Å². The number of carbonyl (C=O) groups is 1. The number of carbonyl (C=O) groups excluding carboxylic acids is 1. The van der Waals surface area contributed by atoms with Gasteiger partial charge in [0.15, 0.2) is 0 Å². The van der Waals surface area contributed by atoms with Crippen molar-refractivity contribution in [2.24, 2.45) is 0 Å². The van der Waals surface area contributed by atoms with Crippen LogP contribution < -0.4 is 10.6 Å². The molecule has 1 amide bonds. The van der Waals surface area contributed by atoms with Gasteiger partial charge in [-0.2, -0.15) is 10.5 Å². The topological polar surface area (TPSA) is 88.7 Å². The quantitative estimate of drug-likeness (QED) is 0.667. The molecule has 0 unspecified atom stereocenters. The molecule has 0 radical (unpaired) electrons. The van der Waals surface area contributed by atoms with E-state index in [1.54, 1.807) is 18.2 Å². The van der Waals surface area contributed by atoms with E-state index in [1.807, 2.05) is 6.07 Å². The van der Waals surface area contributed by atoms with Crippen LogP contribution in [0.15, 0.2) is 54.2 Å². The molecule has 0 aliphatic heterocycles. The highest BCUT2D eigenvalue weighted by Crippen LogP contribution is 2.17. The highest BCUT2D eigenvalue weighted by molar-refractivity contribution is 6.07. The van der Waals surface area contributed by atoms with Gasteiger partial charge in [-0.1, -0.05) is 12.1 Å². The molecule has 0 atom stereocenters. The van der Waals surface area contributed by atoms with E-state index < -0.39 is 17.5 Å². The summed E-state index contributed by atoms with van der Waals surface area (Å²) in [6, 6.07) is 12.6. The lowest BCUT2D eigenvalue weighted by molar-refractivity contribution is -0.112. The lowest BCUT2D eigenvalue weighted by atomic mass is 10.2. The zero-order chi connectivity index (χ0) is 17.5. The van der Waals surface area contributed by atoms with Crippen LogP contribution in [0.5, 0.6) is 0 Å². The second-order valence-corrected chi connectivity index (χ2v) is 4.55. The number of nitrogens with zero attached hydrogens (tertiary/aromatic N) is 2. The summed E-state index contributed by atoms with van der Waals surface area (Å²) in [5, 5.41) is 22.8. The first-order chi connectivity index (χ1) is 11.5. The van der Waals surface area contributed by atoms with Gasteiger partial charge in [-0.15, -0.1) is 0 Å². The van der Waals surface area contributed by atoms with Crippen LogP contribution in [0.1, 0.15) is 5.56 Å². The summed E-state index contributed by atoms with van der Waals surface area (Å²) in [5.74, 6) is -2.19. The molecular formula is C17H10F2N4O. The van der Waals surface area contributed by atoms with Crippen molar-refractivity contribution >= 4 is 17.3 Å². The van der Waals surface area contributed by atoms with Gasteiger partial charge in [-0.25, -0.2) is 8.78 Å². The van der Waals surface area contributed by atoms with E-state index in [-0.39, 0.29) is 22.5 Å². The first-order valence-corrected chi connectivity index (χ1v) is 6.67. The Kier molecular flexibility index (Phi) is 5.22. The molecule has 24 heavy (non-hydrogen) atoms. The average molecular weight is 324 g/mol. The number of nitriles is 2. The van der Waals surface area contributed by atoms with Crippen LogP contribution in [0.3, 0.4) is 0 Å². The molecule has 0 aliphatic rings. The van der Waals surface area contributed by atoms with Crippen molar-refractivity contribution in [2.45, 2.75) is 0 Å². The Bertz CT molecular complexity index is 894. The maximum atomic E-state index is 13.5. The summed E-state index contributed by atoms with van der Waals surface area (Å²) < 4.78 is 26.6. The second kappa shape index (κ2) is 7.52. The minimum Gasteiger partial charge on any atom is -0.358 e. The molecule has 2 aromatic carbocycles. The van der Waals surface area contributed by atoms with Crippen LogP contribution in [-0.4, -0.2) is 5.91 Å². The third-order valence-electron chi connectivity index (χ3n) is 2.96. The van der Waals surface area contributed by atoms with Crippen LogP contribution in [0.25, 0.3) is 0 Å². The molecule has 2 N–H and O–H groups in total. The molecule has 0 fully saturated rings. The molecule has 0 bridgehead atoms. The monoisotopic (exact) mass is 324 g/mol. The normalized spacial score (nSPS) is 10.4. The Balaban J connectivity index is 2.19. The number of rotatable bonds is 4.